The van der Waals surface area contributed by atoms with Crippen LogP contribution in [0.3, 0.4) is 0 Å². The number of ether oxygens (including phenoxy) is 1. The van der Waals surface area contributed by atoms with Crippen molar-refractivity contribution < 1.29 is 13.2 Å². The minimum Gasteiger partial charge on any atom is -0.494 e. The molecule has 2 aromatic heterocycles. The molecule has 3 heterocycles. The highest BCUT2D eigenvalue weighted by Crippen LogP contribution is 2.26. The Morgan fingerprint density at radius 3 is 2.35 bits per heavy atom. The average Bonchev–Trinajstić information content (AvgIpc) is 3.29. The molecule has 1 fully saturated rings. The van der Waals surface area contributed by atoms with Gasteiger partial charge in [-0.2, -0.15) is 8.99 Å². The van der Waals surface area contributed by atoms with E-state index in [4.69, 9.17) is 16.3 Å². The molecule has 176 valence electrons. The summed E-state index contributed by atoms with van der Waals surface area (Å²) in [5.41, 5.74) is 1.94. The van der Waals surface area contributed by atoms with Crippen LogP contribution in [0, 0.1) is 0 Å². The van der Waals surface area contributed by atoms with Crippen molar-refractivity contribution in [3.8, 4) is 11.4 Å². The van der Waals surface area contributed by atoms with Crippen molar-refractivity contribution in [3.05, 3.63) is 59.9 Å². The summed E-state index contributed by atoms with van der Waals surface area (Å²) in [7, 11) is -3.59. The lowest BCUT2D eigenvalue weighted by Gasteiger charge is -2.34. The zero-order valence-electron chi connectivity index (χ0n) is 18.4. The lowest BCUT2D eigenvalue weighted by Crippen LogP contribution is -2.49. The van der Waals surface area contributed by atoms with E-state index in [1.54, 1.807) is 16.8 Å². The second-order valence-electron chi connectivity index (χ2n) is 7.64. The largest absolute Gasteiger partial charge is 0.494 e. The normalized spacial score (nSPS) is 15.1. The maximum atomic E-state index is 13.0. The molecule has 0 bridgehead atoms. The first kappa shape index (κ1) is 22.5. The third-order valence-electron chi connectivity index (χ3n) is 5.60. The quantitative estimate of drug-likeness (QED) is 0.398. The van der Waals surface area contributed by atoms with E-state index in [0.717, 1.165) is 11.4 Å². The number of fused-ring (bicyclic) bond motifs is 1. The predicted molar refractivity (Wildman–Crippen MR) is 128 cm³/mol. The highest BCUT2D eigenvalue weighted by atomic mass is 35.5. The molecular weight excluding hydrogens is 478 g/mol. The Labute approximate surface area is 201 Å². The first-order chi connectivity index (χ1) is 16.5. The van der Waals surface area contributed by atoms with Crippen molar-refractivity contribution in [2.45, 2.75) is 11.8 Å². The third kappa shape index (κ3) is 4.17. The molecule has 0 spiro atoms. The fraction of sp³-hybridized carbons (Fsp3) is 0.273. The smallest absolute Gasteiger partial charge is 0.243 e. The molecule has 0 saturated carbocycles. The number of hydrogen-bond acceptors (Lipinski definition) is 8. The average molecular weight is 500 g/mol. The van der Waals surface area contributed by atoms with E-state index in [1.807, 2.05) is 36.1 Å². The van der Waals surface area contributed by atoms with Crippen molar-refractivity contribution >= 4 is 38.6 Å². The second kappa shape index (κ2) is 9.16. The van der Waals surface area contributed by atoms with Gasteiger partial charge in [-0.1, -0.05) is 16.8 Å². The third-order valence-corrected chi connectivity index (χ3v) is 7.77. The Balaban J connectivity index is 1.36. The molecule has 1 aliphatic heterocycles. The van der Waals surface area contributed by atoms with Crippen LogP contribution in [0.25, 0.3) is 16.9 Å². The Bertz CT molecular complexity index is 1400. The zero-order chi connectivity index (χ0) is 23.7. The Kier molecular flexibility index (Phi) is 6.07. The van der Waals surface area contributed by atoms with Crippen LogP contribution in [0.1, 0.15) is 6.92 Å². The SMILES string of the molecule is CCOc1ccc(-n2nnc3c(N4CCN(S(=O)(=O)c5ccc(Cl)cc5)CC4)ncnc32)cc1. The van der Waals surface area contributed by atoms with Crippen molar-refractivity contribution in [3.63, 3.8) is 0 Å². The van der Waals surface area contributed by atoms with Gasteiger partial charge in [0.1, 0.15) is 12.1 Å². The molecule has 0 aliphatic carbocycles. The van der Waals surface area contributed by atoms with Gasteiger partial charge in [0, 0.05) is 31.2 Å². The second-order valence-corrected chi connectivity index (χ2v) is 10.0. The summed E-state index contributed by atoms with van der Waals surface area (Å²) in [4.78, 5) is 11.1. The van der Waals surface area contributed by atoms with Crippen LogP contribution < -0.4 is 9.64 Å². The molecule has 0 atom stereocenters. The van der Waals surface area contributed by atoms with E-state index in [9.17, 15) is 8.42 Å². The van der Waals surface area contributed by atoms with Gasteiger partial charge in [0.05, 0.1) is 17.2 Å². The van der Waals surface area contributed by atoms with Crippen molar-refractivity contribution in [1.29, 1.82) is 0 Å². The summed E-state index contributed by atoms with van der Waals surface area (Å²) in [5, 5.41) is 9.10. The molecule has 0 radical (unpaired) electrons. The van der Waals surface area contributed by atoms with E-state index in [2.05, 4.69) is 20.3 Å². The highest BCUT2D eigenvalue weighted by molar-refractivity contribution is 7.89. The molecule has 10 nitrogen and oxygen atoms in total. The van der Waals surface area contributed by atoms with E-state index in [-0.39, 0.29) is 4.90 Å². The van der Waals surface area contributed by atoms with Crippen LogP contribution in [0.4, 0.5) is 5.82 Å². The molecule has 1 aliphatic rings. The summed E-state index contributed by atoms with van der Waals surface area (Å²) in [5.74, 6) is 1.41. The molecular formula is C22H22ClN7O3S. The molecule has 12 heteroatoms. The lowest BCUT2D eigenvalue weighted by molar-refractivity contribution is 0.340. The van der Waals surface area contributed by atoms with Crippen molar-refractivity contribution in [1.82, 2.24) is 29.3 Å². The van der Waals surface area contributed by atoms with Gasteiger partial charge in [-0.25, -0.2) is 18.4 Å². The Morgan fingerprint density at radius 2 is 1.68 bits per heavy atom. The first-order valence-corrected chi connectivity index (χ1v) is 12.6. The maximum absolute atomic E-state index is 13.0. The lowest BCUT2D eigenvalue weighted by atomic mass is 10.3. The van der Waals surface area contributed by atoms with Gasteiger partial charge >= 0.3 is 0 Å². The molecule has 4 aromatic rings. The molecule has 0 N–H and O–H groups in total. The number of aromatic nitrogens is 5. The van der Waals surface area contributed by atoms with E-state index >= 15 is 0 Å². The zero-order valence-corrected chi connectivity index (χ0v) is 19.9. The summed E-state index contributed by atoms with van der Waals surface area (Å²) in [6, 6.07) is 13.7. The van der Waals surface area contributed by atoms with Gasteiger partial charge in [0.15, 0.2) is 17.0 Å². The first-order valence-electron chi connectivity index (χ1n) is 10.8. The van der Waals surface area contributed by atoms with Crippen LogP contribution in [0.2, 0.25) is 5.02 Å². The van der Waals surface area contributed by atoms with Gasteiger partial charge < -0.3 is 9.64 Å². The van der Waals surface area contributed by atoms with Gasteiger partial charge in [-0.3, -0.25) is 0 Å². The van der Waals surface area contributed by atoms with E-state index in [1.165, 1.54) is 22.8 Å². The van der Waals surface area contributed by atoms with Gasteiger partial charge in [0.2, 0.25) is 10.0 Å². The highest BCUT2D eigenvalue weighted by Gasteiger charge is 2.30. The Hall–Kier alpha value is -3.28. The molecule has 1 saturated heterocycles. The Morgan fingerprint density at radius 1 is 0.971 bits per heavy atom. The standard InChI is InChI=1S/C22H22ClN7O3S/c1-2-33-18-7-5-17(6-8-18)30-22-20(26-27-30)21(24-15-25-22)28-11-13-29(14-12-28)34(31,32)19-9-3-16(23)4-10-19/h3-10,15H,2,11-14H2,1H3. The number of halogens is 1. The molecule has 34 heavy (non-hydrogen) atoms. The minimum absolute atomic E-state index is 0.230. The number of sulfonamides is 1. The fourth-order valence-electron chi connectivity index (χ4n) is 3.89. The molecule has 2 aromatic carbocycles. The summed E-state index contributed by atoms with van der Waals surface area (Å²) < 4.78 is 34.6. The van der Waals surface area contributed by atoms with Crippen LogP contribution in [-0.4, -0.2) is 70.5 Å². The molecule has 0 amide bonds. The van der Waals surface area contributed by atoms with Gasteiger partial charge in [0.25, 0.3) is 0 Å². The number of hydrogen-bond donors (Lipinski definition) is 0. The number of piperazine rings is 1. The van der Waals surface area contributed by atoms with Crippen molar-refractivity contribution in [2.75, 3.05) is 37.7 Å². The molecule has 0 unspecified atom stereocenters. The number of nitrogens with zero attached hydrogens (tertiary/aromatic N) is 7. The molecule has 5 rings (SSSR count). The van der Waals surface area contributed by atoms with Gasteiger partial charge in [-0.05, 0) is 55.5 Å². The fourth-order valence-corrected chi connectivity index (χ4v) is 5.44. The number of benzene rings is 2. The minimum atomic E-state index is -3.59. The van der Waals surface area contributed by atoms with Gasteiger partial charge in [-0.15, -0.1) is 5.10 Å². The van der Waals surface area contributed by atoms with Crippen LogP contribution >= 0.6 is 11.6 Å². The summed E-state index contributed by atoms with van der Waals surface area (Å²) >= 11 is 5.90. The number of anilines is 1. The summed E-state index contributed by atoms with van der Waals surface area (Å²) in [6.45, 7) is 4.11. The monoisotopic (exact) mass is 499 g/mol. The van der Waals surface area contributed by atoms with Crippen LogP contribution in [0.15, 0.2) is 59.8 Å². The van der Waals surface area contributed by atoms with E-state index < -0.39 is 10.0 Å². The van der Waals surface area contributed by atoms with Crippen molar-refractivity contribution in [2.24, 2.45) is 0 Å². The van der Waals surface area contributed by atoms with E-state index in [0.29, 0.717) is 54.8 Å². The topological polar surface area (TPSA) is 106 Å². The van der Waals surface area contributed by atoms with Crippen LogP contribution in [-0.2, 0) is 10.0 Å². The number of rotatable bonds is 6. The predicted octanol–water partition coefficient (Wildman–Crippen LogP) is 2.77. The summed E-state index contributed by atoms with van der Waals surface area (Å²) in [6.07, 6.45) is 1.48. The van der Waals surface area contributed by atoms with Crippen LogP contribution in [0.5, 0.6) is 5.75 Å². The maximum Gasteiger partial charge on any atom is 0.243 e.